The van der Waals surface area contributed by atoms with Crippen LogP contribution in [0, 0.1) is 3.57 Å². The van der Waals surface area contributed by atoms with Gasteiger partial charge in [-0.15, -0.1) is 0 Å². The fourth-order valence-electron chi connectivity index (χ4n) is 4.97. The van der Waals surface area contributed by atoms with Crippen molar-refractivity contribution < 1.29 is 43.6 Å². The van der Waals surface area contributed by atoms with E-state index >= 15 is 0 Å². The highest BCUT2D eigenvalue weighted by Crippen LogP contribution is 2.42. The first-order valence-corrected chi connectivity index (χ1v) is 18.1. The van der Waals surface area contributed by atoms with E-state index in [0.717, 1.165) is 12.0 Å². The summed E-state index contributed by atoms with van der Waals surface area (Å²) in [6.07, 6.45) is -0.431. The lowest BCUT2D eigenvalue weighted by Gasteiger charge is -2.28. The highest BCUT2D eigenvalue weighted by atomic mass is 127. The van der Waals surface area contributed by atoms with Gasteiger partial charge in [0.1, 0.15) is 24.7 Å². The van der Waals surface area contributed by atoms with Gasteiger partial charge in [0, 0.05) is 19.4 Å². The van der Waals surface area contributed by atoms with Crippen LogP contribution in [0.3, 0.4) is 0 Å². The molecule has 262 valence electrons. The molecule has 4 atom stereocenters. The normalized spacial score (nSPS) is 18.8. The van der Waals surface area contributed by atoms with Crippen molar-refractivity contribution in [1.29, 1.82) is 0 Å². The van der Waals surface area contributed by atoms with E-state index < -0.39 is 48.1 Å². The topological polar surface area (TPSA) is 173 Å². The Balaban J connectivity index is 1.76. The summed E-state index contributed by atoms with van der Waals surface area (Å²) in [6.45, 7) is 3.83. The first-order chi connectivity index (χ1) is 23.4. The molecule has 3 aromatic rings. The summed E-state index contributed by atoms with van der Waals surface area (Å²) in [6, 6.07) is 11.5. The summed E-state index contributed by atoms with van der Waals surface area (Å²) in [7, 11) is 0. The smallest absolute Gasteiger partial charge is 0.408 e. The van der Waals surface area contributed by atoms with Gasteiger partial charge in [-0.3, -0.25) is 9.59 Å². The minimum Gasteiger partial charge on any atom is -0.504 e. The van der Waals surface area contributed by atoms with E-state index in [1.54, 1.807) is 55.5 Å². The fourth-order valence-corrected chi connectivity index (χ4v) is 7.08. The summed E-state index contributed by atoms with van der Waals surface area (Å²) in [4.78, 5) is 53.1. The number of unbranched alkanes of at least 4 members (excludes halogenated alkanes) is 1. The van der Waals surface area contributed by atoms with Crippen LogP contribution in [0.15, 0.2) is 63.5 Å². The molecule has 2 heterocycles. The predicted octanol–water partition coefficient (Wildman–Crippen LogP) is 5.97. The van der Waals surface area contributed by atoms with Crippen LogP contribution < -0.4 is 20.7 Å². The summed E-state index contributed by atoms with van der Waals surface area (Å²) in [5.74, 6) is -2.61. The molecule has 5 N–H and O–H groups in total. The average Bonchev–Trinajstić information content (AvgIpc) is 3.05. The Morgan fingerprint density at radius 2 is 1.71 bits per heavy atom. The van der Waals surface area contributed by atoms with Gasteiger partial charge >= 0.3 is 12.1 Å². The van der Waals surface area contributed by atoms with E-state index in [1.165, 1.54) is 0 Å². The molecule has 5 rings (SSSR count). The molecule has 0 saturated carbocycles. The number of phenols is 1. The number of ether oxygens (including phenoxy) is 3. The fraction of sp³-hybridized carbons (Fsp3) is 0.353. The van der Waals surface area contributed by atoms with Crippen molar-refractivity contribution in [2.24, 2.45) is 0 Å². The van der Waals surface area contributed by atoms with Crippen molar-refractivity contribution in [3.8, 4) is 17.2 Å². The minimum absolute atomic E-state index is 0.0531. The number of halogens is 3. The SMILES string of the molecule is CCCCO[C@H](C)[C@@H]1NC(=O)[C@@H](NC(=O)OCc2ccccc2)Cc2cc(I)c(O)c(c2)Oc2c(Br)cc(cc2Br)C[C@@H](C(=O)O)NC1=O. The molecule has 0 aliphatic carbocycles. The number of amides is 3. The third-order valence-corrected chi connectivity index (χ3v) is 9.60. The second kappa shape index (κ2) is 18.0. The number of aliphatic carboxylic acids is 1. The molecule has 0 aromatic heterocycles. The minimum atomic E-state index is -1.38. The van der Waals surface area contributed by atoms with Crippen molar-refractivity contribution in [3.63, 3.8) is 0 Å². The number of phenolic OH excluding ortho intramolecular Hbond substituents is 1. The number of carboxylic acid groups (broad SMARTS) is 1. The summed E-state index contributed by atoms with van der Waals surface area (Å²) in [5, 5.41) is 28.8. The highest BCUT2D eigenvalue weighted by Gasteiger charge is 2.34. The molecule has 2 aliphatic rings. The van der Waals surface area contributed by atoms with E-state index in [-0.39, 0.29) is 30.9 Å². The van der Waals surface area contributed by atoms with Crippen LogP contribution in [-0.4, -0.2) is 64.9 Å². The van der Waals surface area contributed by atoms with Gasteiger partial charge in [0.2, 0.25) is 11.8 Å². The molecule has 49 heavy (non-hydrogen) atoms. The van der Waals surface area contributed by atoms with E-state index in [1.807, 2.05) is 35.6 Å². The lowest BCUT2D eigenvalue weighted by atomic mass is 10.0. The number of carbonyl (C=O) groups is 4. The van der Waals surface area contributed by atoms with Crippen molar-refractivity contribution >= 4 is 78.3 Å². The van der Waals surface area contributed by atoms with Crippen LogP contribution in [0.2, 0.25) is 0 Å². The number of rotatable bonds is 9. The van der Waals surface area contributed by atoms with Gasteiger partial charge in [-0.1, -0.05) is 43.7 Å². The molecule has 15 heteroatoms. The number of alkyl carbamates (subject to hydrolysis) is 1. The average molecular weight is 917 g/mol. The molecule has 0 saturated heterocycles. The van der Waals surface area contributed by atoms with Gasteiger partial charge in [0.15, 0.2) is 17.2 Å². The number of nitrogens with one attached hydrogen (secondary N) is 3. The van der Waals surface area contributed by atoms with E-state index in [2.05, 4.69) is 47.8 Å². The zero-order valence-electron chi connectivity index (χ0n) is 26.6. The maximum Gasteiger partial charge on any atom is 0.408 e. The molecule has 2 aliphatic heterocycles. The van der Waals surface area contributed by atoms with E-state index in [9.17, 15) is 29.4 Å². The van der Waals surface area contributed by atoms with E-state index in [0.29, 0.717) is 42.4 Å². The van der Waals surface area contributed by atoms with Gasteiger partial charge in [-0.25, -0.2) is 9.59 Å². The van der Waals surface area contributed by atoms with Gasteiger partial charge in [-0.05, 0) is 109 Å². The van der Waals surface area contributed by atoms with Crippen molar-refractivity contribution in [2.75, 3.05) is 6.61 Å². The molecule has 12 nitrogen and oxygen atoms in total. The Bertz CT molecular complexity index is 1660. The largest absolute Gasteiger partial charge is 0.504 e. The summed E-state index contributed by atoms with van der Waals surface area (Å²) in [5.41, 5.74) is 1.79. The summed E-state index contributed by atoms with van der Waals surface area (Å²) < 4.78 is 18.7. The second-order valence-corrected chi connectivity index (χ2v) is 14.3. The number of hydrogen-bond donors (Lipinski definition) is 5. The maximum absolute atomic E-state index is 14.0. The Morgan fingerprint density at radius 3 is 2.37 bits per heavy atom. The van der Waals surface area contributed by atoms with E-state index in [4.69, 9.17) is 14.2 Å². The van der Waals surface area contributed by atoms with Crippen LogP contribution in [0.5, 0.6) is 17.2 Å². The molecular weight excluding hydrogens is 881 g/mol. The van der Waals surface area contributed by atoms with Crippen molar-refractivity contribution in [1.82, 2.24) is 16.0 Å². The van der Waals surface area contributed by atoms with Crippen LogP contribution in [-0.2, 0) is 43.3 Å². The highest BCUT2D eigenvalue weighted by molar-refractivity contribution is 14.1. The number of carbonyl (C=O) groups excluding carboxylic acids is 3. The maximum atomic E-state index is 14.0. The quantitative estimate of drug-likeness (QED) is 0.128. The Morgan fingerprint density at radius 1 is 1.04 bits per heavy atom. The first-order valence-electron chi connectivity index (χ1n) is 15.5. The third-order valence-electron chi connectivity index (χ3n) is 7.60. The number of aromatic hydroxyl groups is 1. The monoisotopic (exact) mass is 915 g/mol. The lowest BCUT2D eigenvalue weighted by molar-refractivity contribution is -0.143. The predicted molar refractivity (Wildman–Crippen MR) is 196 cm³/mol. The number of benzene rings is 3. The van der Waals surface area contributed by atoms with Gasteiger partial charge in [-0.2, -0.15) is 0 Å². The standard InChI is InChI=1S/C34H36Br2IN3O9/c1-3-4-10-47-18(2)28-32(43)38-26(33(44)45)15-20-11-22(35)30(23(36)12-20)49-27-16-21(13-24(37)29(27)41)14-25(31(42)40-28)39-34(46)48-17-19-8-6-5-7-9-19/h5-9,11-13,16,18,25-26,28,41H,3-4,10,14-15,17H2,1-2H3,(H,38,43)(H,39,46)(H,40,42)(H,44,45)/t18-,25+,26+,28+/m1/s1. The molecule has 0 fully saturated rings. The Labute approximate surface area is 314 Å². The lowest BCUT2D eigenvalue weighted by Crippen LogP contribution is -2.60. The molecule has 4 bridgehead atoms. The van der Waals surface area contributed by atoms with Crippen LogP contribution >= 0.6 is 54.5 Å². The zero-order valence-corrected chi connectivity index (χ0v) is 32.0. The number of carboxylic acids is 1. The molecule has 0 unspecified atom stereocenters. The molecule has 3 aromatic carbocycles. The molecule has 0 radical (unpaired) electrons. The van der Waals surface area contributed by atoms with Crippen LogP contribution in [0.1, 0.15) is 43.4 Å². The first kappa shape index (κ1) is 38.4. The Hall–Kier alpha value is -3.41. The third kappa shape index (κ3) is 10.8. The van der Waals surface area contributed by atoms with Gasteiger partial charge in [0.05, 0.1) is 18.6 Å². The van der Waals surface area contributed by atoms with Gasteiger partial charge in [0.25, 0.3) is 0 Å². The van der Waals surface area contributed by atoms with Gasteiger partial charge < -0.3 is 40.4 Å². The number of hydrogen-bond acceptors (Lipinski definition) is 8. The van der Waals surface area contributed by atoms with Crippen LogP contribution in [0.4, 0.5) is 4.79 Å². The Kier molecular flexibility index (Phi) is 14.1. The number of fused-ring (bicyclic) bond motifs is 10. The van der Waals surface area contributed by atoms with Crippen molar-refractivity contribution in [3.05, 3.63) is 83.8 Å². The summed E-state index contributed by atoms with van der Waals surface area (Å²) >= 11 is 8.89. The molecule has 3 amide bonds. The zero-order chi connectivity index (χ0) is 35.7. The van der Waals surface area contributed by atoms with Crippen molar-refractivity contribution in [2.45, 2.75) is 70.4 Å². The van der Waals surface area contributed by atoms with Crippen LogP contribution in [0.25, 0.3) is 0 Å². The second-order valence-electron chi connectivity index (χ2n) is 11.4. The molecule has 0 spiro atoms. The molecular formula is C34H36Br2IN3O9.